The van der Waals surface area contributed by atoms with Gasteiger partial charge in [-0.15, -0.1) is 0 Å². The Labute approximate surface area is 356 Å². The Hall–Kier alpha value is -1.70. The fourth-order valence-corrected chi connectivity index (χ4v) is 7.67. The van der Waals surface area contributed by atoms with Crippen molar-refractivity contribution in [3.05, 3.63) is 48.6 Å². The van der Waals surface area contributed by atoms with Crippen molar-refractivity contribution in [3.63, 3.8) is 0 Å². The molecule has 0 bridgehead atoms. The first-order valence-corrected chi connectivity index (χ1v) is 24.5. The van der Waals surface area contributed by atoms with E-state index >= 15 is 0 Å². The van der Waals surface area contributed by atoms with E-state index in [-0.39, 0.29) is 13.0 Å². The number of aliphatic hydroxyl groups is 5. The Morgan fingerprint density at radius 1 is 0.542 bits per heavy atom. The largest absolute Gasteiger partial charge is 0.472 e. The number of hydrogen-bond acceptors (Lipinski definition) is 11. The molecule has 13 heteroatoms. The molecule has 0 saturated heterocycles. The highest BCUT2D eigenvalue weighted by atomic mass is 31.2. The molecule has 344 valence electrons. The minimum atomic E-state index is -5.02. The zero-order valence-electron chi connectivity index (χ0n) is 36.5. The average Bonchev–Trinajstić information content (AvgIpc) is 3.22. The Morgan fingerprint density at radius 3 is 1.47 bits per heavy atom. The van der Waals surface area contributed by atoms with Gasteiger partial charge in [0.05, 0.1) is 13.2 Å². The lowest BCUT2D eigenvalue weighted by Gasteiger charge is -2.41. The van der Waals surface area contributed by atoms with Crippen LogP contribution >= 0.6 is 7.82 Å². The summed E-state index contributed by atoms with van der Waals surface area (Å²) in [6.07, 6.45) is 31.7. The van der Waals surface area contributed by atoms with Gasteiger partial charge in [-0.1, -0.05) is 146 Å². The van der Waals surface area contributed by atoms with Crippen LogP contribution in [-0.4, -0.2) is 98.9 Å². The molecule has 6 N–H and O–H groups in total. The number of phosphoric ester groups is 1. The lowest BCUT2D eigenvalue weighted by Crippen LogP contribution is -2.64. The summed E-state index contributed by atoms with van der Waals surface area (Å²) < 4.78 is 34.2. The fraction of sp³-hybridized carbons (Fsp3) is 0.804. The molecule has 1 fully saturated rings. The zero-order chi connectivity index (χ0) is 43.4. The maximum atomic E-state index is 12.8. The highest BCUT2D eigenvalue weighted by molar-refractivity contribution is 7.47. The normalized spacial score (nSPS) is 22.9. The molecule has 1 aliphatic rings. The van der Waals surface area contributed by atoms with Crippen molar-refractivity contribution in [3.8, 4) is 0 Å². The van der Waals surface area contributed by atoms with E-state index in [2.05, 4.69) is 62.5 Å². The van der Waals surface area contributed by atoms with Gasteiger partial charge in [-0.05, 0) is 70.6 Å². The topological polar surface area (TPSA) is 192 Å². The average molecular weight is 859 g/mol. The second-order valence-corrected chi connectivity index (χ2v) is 17.3. The third kappa shape index (κ3) is 29.3. The summed E-state index contributed by atoms with van der Waals surface area (Å²) in [7, 11) is -5.02. The molecule has 0 spiro atoms. The summed E-state index contributed by atoms with van der Waals surface area (Å²) in [5.74, 6) is -0.491. The Balaban J connectivity index is 2.42. The zero-order valence-corrected chi connectivity index (χ0v) is 37.4. The van der Waals surface area contributed by atoms with Crippen molar-refractivity contribution in [2.75, 3.05) is 19.8 Å². The summed E-state index contributed by atoms with van der Waals surface area (Å²) >= 11 is 0. The maximum Gasteiger partial charge on any atom is 0.472 e. The minimum absolute atomic E-state index is 0.0882. The number of rotatable bonds is 38. The SMILES string of the molecule is CCCC/C=C\C/C=C\CCCCCCCCOCC(COP(=O)(O)OC1C(O)C(O)C(O)C(O)C1O)OC(=O)CCCCCCCCC/C=C\C/C=C\CCCCC. The monoisotopic (exact) mass is 859 g/mol. The van der Waals surface area contributed by atoms with Crippen LogP contribution in [0.2, 0.25) is 0 Å². The van der Waals surface area contributed by atoms with Crippen LogP contribution < -0.4 is 0 Å². The molecule has 0 aromatic carbocycles. The van der Waals surface area contributed by atoms with Gasteiger partial charge in [-0.2, -0.15) is 0 Å². The lowest BCUT2D eigenvalue weighted by molar-refractivity contribution is -0.220. The predicted molar refractivity (Wildman–Crippen MR) is 235 cm³/mol. The van der Waals surface area contributed by atoms with E-state index in [1.54, 1.807) is 0 Å². The second-order valence-electron chi connectivity index (χ2n) is 15.9. The van der Waals surface area contributed by atoms with Crippen molar-refractivity contribution in [2.45, 2.75) is 217 Å². The Kier molecular flexibility index (Phi) is 34.6. The second kappa shape index (κ2) is 36.9. The molecular formula is C46H83O12P. The molecule has 0 aromatic rings. The first-order chi connectivity index (χ1) is 28.5. The van der Waals surface area contributed by atoms with Crippen molar-refractivity contribution in [1.29, 1.82) is 0 Å². The van der Waals surface area contributed by atoms with Crippen LogP contribution in [-0.2, 0) is 27.9 Å². The number of allylic oxidation sites excluding steroid dienone is 8. The number of phosphoric acid groups is 1. The number of hydrogen-bond donors (Lipinski definition) is 6. The molecule has 59 heavy (non-hydrogen) atoms. The minimum Gasteiger partial charge on any atom is -0.457 e. The van der Waals surface area contributed by atoms with E-state index in [1.807, 2.05) is 0 Å². The van der Waals surface area contributed by atoms with Crippen LogP contribution in [0, 0.1) is 0 Å². The maximum absolute atomic E-state index is 12.8. The van der Waals surface area contributed by atoms with Crippen molar-refractivity contribution >= 4 is 13.8 Å². The fourth-order valence-electron chi connectivity index (χ4n) is 6.70. The highest BCUT2D eigenvalue weighted by Crippen LogP contribution is 2.47. The molecule has 1 saturated carbocycles. The predicted octanol–water partition coefficient (Wildman–Crippen LogP) is 9.25. The van der Waals surface area contributed by atoms with Crippen LogP contribution in [0.1, 0.15) is 174 Å². The smallest absolute Gasteiger partial charge is 0.457 e. The molecule has 0 aromatic heterocycles. The van der Waals surface area contributed by atoms with E-state index in [0.29, 0.717) is 13.0 Å². The molecule has 6 atom stereocenters. The van der Waals surface area contributed by atoms with E-state index in [1.165, 1.54) is 57.8 Å². The quantitative estimate of drug-likeness (QED) is 0.0150. The summed E-state index contributed by atoms with van der Waals surface area (Å²) in [5.41, 5.74) is 0. The van der Waals surface area contributed by atoms with Crippen LogP contribution in [0.15, 0.2) is 48.6 Å². The van der Waals surface area contributed by atoms with Gasteiger partial charge in [0.2, 0.25) is 0 Å². The summed E-state index contributed by atoms with van der Waals surface area (Å²) in [5, 5.41) is 50.2. The van der Waals surface area contributed by atoms with Gasteiger partial charge in [0.15, 0.2) is 0 Å². The molecule has 0 amide bonds. The van der Waals surface area contributed by atoms with Crippen LogP contribution in [0.5, 0.6) is 0 Å². The molecule has 12 nitrogen and oxygen atoms in total. The summed E-state index contributed by atoms with van der Waals surface area (Å²) in [4.78, 5) is 23.1. The first-order valence-electron chi connectivity index (χ1n) is 23.0. The molecule has 1 aliphatic carbocycles. The number of unbranched alkanes of at least 4 members (excludes halogenated alkanes) is 18. The number of carbonyl (C=O) groups excluding carboxylic acids is 1. The third-order valence-electron chi connectivity index (χ3n) is 10.4. The van der Waals surface area contributed by atoms with Crippen molar-refractivity contribution < 1.29 is 58.3 Å². The number of ether oxygens (including phenoxy) is 2. The van der Waals surface area contributed by atoms with Gasteiger partial charge in [-0.25, -0.2) is 4.57 Å². The standard InChI is InChI=1S/C46H83O12P/c1-3-5-7-9-11-13-15-17-19-20-21-23-25-27-29-31-33-35-40(47)57-39(38-56-59(53,54)58-46-44(51)42(49)41(48)43(50)45(46)52)37-55-36-34-32-30-28-26-24-22-18-16-14-12-10-8-6-4-2/h10-13,16-19,39,41-46,48-52H,3-9,14-15,20-38H2,1-2H3,(H,53,54)/b12-10-,13-11-,18-16-,19-17-. The molecule has 0 aliphatic heterocycles. The van der Waals surface area contributed by atoms with E-state index in [4.69, 9.17) is 18.5 Å². The van der Waals surface area contributed by atoms with Crippen molar-refractivity contribution in [1.82, 2.24) is 0 Å². The highest BCUT2D eigenvalue weighted by Gasteiger charge is 2.51. The van der Waals surface area contributed by atoms with Crippen molar-refractivity contribution in [2.24, 2.45) is 0 Å². The molecular weight excluding hydrogens is 775 g/mol. The summed E-state index contributed by atoms with van der Waals surface area (Å²) in [6.45, 7) is 4.16. The van der Waals surface area contributed by atoms with Gasteiger partial charge >= 0.3 is 13.8 Å². The van der Waals surface area contributed by atoms with Gasteiger partial charge in [-0.3, -0.25) is 13.8 Å². The van der Waals surface area contributed by atoms with E-state index in [0.717, 1.165) is 89.9 Å². The molecule has 6 unspecified atom stereocenters. The van der Waals surface area contributed by atoms with Crippen LogP contribution in [0.25, 0.3) is 0 Å². The van der Waals surface area contributed by atoms with Crippen LogP contribution in [0.4, 0.5) is 0 Å². The first kappa shape index (κ1) is 55.3. The van der Waals surface area contributed by atoms with E-state index < -0.39 is 63.1 Å². The Bertz CT molecular complexity index is 1160. The van der Waals surface area contributed by atoms with Gasteiger partial charge in [0.25, 0.3) is 0 Å². The van der Waals surface area contributed by atoms with E-state index in [9.17, 15) is 39.8 Å². The van der Waals surface area contributed by atoms with Gasteiger partial charge in [0.1, 0.15) is 42.7 Å². The Morgan fingerprint density at radius 2 is 0.966 bits per heavy atom. The number of carbonyl (C=O) groups is 1. The molecule has 0 radical (unpaired) electrons. The van der Waals surface area contributed by atoms with Gasteiger partial charge < -0.3 is 39.9 Å². The molecule has 0 heterocycles. The number of esters is 1. The number of aliphatic hydroxyl groups excluding tert-OH is 5. The molecule has 1 rings (SSSR count). The van der Waals surface area contributed by atoms with Crippen LogP contribution in [0.3, 0.4) is 0 Å². The third-order valence-corrected chi connectivity index (χ3v) is 11.4. The summed E-state index contributed by atoms with van der Waals surface area (Å²) in [6, 6.07) is 0. The van der Waals surface area contributed by atoms with Gasteiger partial charge in [0, 0.05) is 13.0 Å². The lowest BCUT2D eigenvalue weighted by atomic mass is 9.85.